The van der Waals surface area contributed by atoms with Gasteiger partial charge < -0.3 is 10.8 Å². The van der Waals surface area contributed by atoms with Crippen LogP contribution >= 0.6 is 11.3 Å². The zero-order chi connectivity index (χ0) is 11.5. The van der Waals surface area contributed by atoms with Crippen LogP contribution in [0.25, 0.3) is 10.6 Å². The minimum absolute atomic E-state index is 0.124. The van der Waals surface area contributed by atoms with Crippen molar-refractivity contribution in [2.24, 2.45) is 5.73 Å². The zero-order valence-electron chi connectivity index (χ0n) is 9.05. The number of thiazole rings is 1. The third-order valence-electron chi connectivity index (χ3n) is 2.18. The van der Waals surface area contributed by atoms with Crippen molar-refractivity contribution in [2.45, 2.75) is 19.4 Å². The first-order chi connectivity index (χ1) is 7.65. The Morgan fingerprint density at radius 3 is 3.00 bits per heavy atom. The largest absolute Gasteiger partial charge is 0.508 e. The number of nitrogens with two attached hydrogens (primary N) is 1. The molecule has 1 atom stereocenters. The van der Waals surface area contributed by atoms with Gasteiger partial charge in [0.15, 0.2) is 0 Å². The van der Waals surface area contributed by atoms with Crippen molar-refractivity contribution in [3.05, 3.63) is 35.3 Å². The van der Waals surface area contributed by atoms with Gasteiger partial charge >= 0.3 is 0 Å². The molecule has 0 bridgehead atoms. The van der Waals surface area contributed by atoms with Crippen molar-refractivity contribution in [1.82, 2.24) is 4.98 Å². The Morgan fingerprint density at radius 2 is 2.31 bits per heavy atom. The molecule has 0 saturated heterocycles. The molecule has 84 valence electrons. The number of nitrogens with zero attached hydrogens (tertiary/aromatic N) is 1. The van der Waals surface area contributed by atoms with Gasteiger partial charge in [0.25, 0.3) is 0 Å². The summed E-state index contributed by atoms with van der Waals surface area (Å²) in [7, 11) is 0. The van der Waals surface area contributed by atoms with Gasteiger partial charge in [-0.3, -0.25) is 0 Å². The predicted octanol–water partition coefficient (Wildman–Crippen LogP) is 2.41. The molecule has 0 saturated carbocycles. The molecule has 0 radical (unpaired) electrons. The Kier molecular flexibility index (Phi) is 3.22. The molecule has 3 nitrogen and oxygen atoms in total. The monoisotopic (exact) mass is 234 g/mol. The van der Waals surface area contributed by atoms with Crippen LogP contribution in [0, 0.1) is 0 Å². The summed E-state index contributed by atoms with van der Waals surface area (Å²) in [4.78, 5) is 4.49. The molecule has 0 fully saturated rings. The molecule has 0 aliphatic rings. The van der Waals surface area contributed by atoms with E-state index in [1.807, 2.05) is 24.4 Å². The van der Waals surface area contributed by atoms with Crippen LogP contribution in [0.3, 0.4) is 0 Å². The predicted molar refractivity (Wildman–Crippen MR) is 66.6 cm³/mol. The highest BCUT2D eigenvalue weighted by Gasteiger charge is 2.06. The van der Waals surface area contributed by atoms with E-state index in [1.165, 1.54) is 0 Å². The summed E-state index contributed by atoms with van der Waals surface area (Å²) in [6.07, 6.45) is 0.787. The quantitative estimate of drug-likeness (QED) is 0.857. The van der Waals surface area contributed by atoms with Crippen molar-refractivity contribution in [2.75, 3.05) is 0 Å². The topological polar surface area (TPSA) is 59.1 Å². The third kappa shape index (κ3) is 2.59. The number of aromatic nitrogens is 1. The van der Waals surface area contributed by atoms with Crippen LogP contribution in [0.4, 0.5) is 0 Å². The third-order valence-corrected chi connectivity index (χ3v) is 3.12. The van der Waals surface area contributed by atoms with Crippen LogP contribution in [-0.4, -0.2) is 16.1 Å². The molecule has 2 rings (SSSR count). The number of aromatic hydroxyl groups is 1. The number of phenols is 1. The van der Waals surface area contributed by atoms with E-state index in [2.05, 4.69) is 4.98 Å². The fourth-order valence-electron chi connectivity index (χ4n) is 1.50. The molecule has 2 aromatic rings. The van der Waals surface area contributed by atoms with Crippen molar-refractivity contribution >= 4 is 11.3 Å². The van der Waals surface area contributed by atoms with Crippen LogP contribution in [0.5, 0.6) is 5.75 Å². The highest BCUT2D eigenvalue weighted by atomic mass is 32.1. The standard InChI is InChI=1S/C12H14N2OS/c1-8(13)5-10-7-16-12(14-10)9-3-2-4-11(15)6-9/h2-4,6-8,15H,5,13H2,1H3. The van der Waals surface area contributed by atoms with Gasteiger partial charge in [0.05, 0.1) is 5.69 Å². The first kappa shape index (κ1) is 11.1. The van der Waals surface area contributed by atoms with E-state index in [-0.39, 0.29) is 11.8 Å². The molecule has 1 heterocycles. The van der Waals surface area contributed by atoms with Gasteiger partial charge in [0.2, 0.25) is 0 Å². The first-order valence-electron chi connectivity index (χ1n) is 5.14. The molecule has 1 aromatic heterocycles. The lowest BCUT2D eigenvalue weighted by atomic mass is 10.2. The fourth-order valence-corrected chi connectivity index (χ4v) is 2.33. The van der Waals surface area contributed by atoms with E-state index in [0.717, 1.165) is 22.7 Å². The molecular formula is C12H14N2OS. The molecule has 0 aliphatic heterocycles. The summed E-state index contributed by atoms with van der Waals surface area (Å²) in [5.74, 6) is 0.265. The van der Waals surface area contributed by atoms with E-state index < -0.39 is 0 Å². The van der Waals surface area contributed by atoms with Crippen molar-refractivity contribution in [3.63, 3.8) is 0 Å². The maximum atomic E-state index is 9.38. The van der Waals surface area contributed by atoms with Crippen molar-refractivity contribution < 1.29 is 5.11 Å². The molecule has 1 aromatic carbocycles. The van der Waals surface area contributed by atoms with Gasteiger partial charge in [0, 0.05) is 23.4 Å². The zero-order valence-corrected chi connectivity index (χ0v) is 9.87. The maximum absolute atomic E-state index is 9.38. The van der Waals surface area contributed by atoms with Gasteiger partial charge in [-0.1, -0.05) is 12.1 Å². The fraction of sp³-hybridized carbons (Fsp3) is 0.250. The van der Waals surface area contributed by atoms with Gasteiger partial charge in [-0.05, 0) is 19.1 Å². The van der Waals surface area contributed by atoms with E-state index in [9.17, 15) is 5.11 Å². The molecular weight excluding hydrogens is 220 g/mol. The average molecular weight is 234 g/mol. The molecule has 16 heavy (non-hydrogen) atoms. The maximum Gasteiger partial charge on any atom is 0.123 e. The second-order valence-electron chi connectivity index (χ2n) is 3.88. The lowest BCUT2D eigenvalue weighted by Crippen LogP contribution is -2.17. The molecule has 0 aliphatic carbocycles. The second-order valence-corrected chi connectivity index (χ2v) is 4.73. The normalized spacial score (nSPS) is 12.6. The molecule has 4 heteroatoms. The SMILES string of the molecule is CC(N)Cc1csc(-c2cccc(O)c2)n1. The summed E-state index contributed by atoms with van der Waals surface area (Å²) >= 11 is 1.58. The lowest BCUT2D eigenvalue weighted by molar-refractivity contribution is 0.475. The summed E-state index contributed by atoms with van der Waals surface area (Å²) in [6, 6.07) is 7.25. The second kappa shape index (κ2) is 4.63. The van der Waals surface area contributed by atoms with Crippen LogP contribution < -0.4 is 5.73 Å². The minimum Gasteiger partial charge on any atom is -0.508 e. The van der Waals surface area contributed by atoms with Gasteiger partial charge in [0.1, 0.15) is 10.8 Å². The Hall–Kier alpha value is -1.39. The smallest absolute Gasteiger partial charge is 0.123 e. The van der Waals surface area contributed by atoms with Crippen molar-refractivity contribution in [1.29, 1.82) is 0 Å². The van der Waals surface area contributed by atoms with Gasteiger partial charge in [-0.25, -0.2) is 4.98 Å². The Labute approximate surface area is 98.6 Å². The van der Waals surface area contributed by atoms with Crippen LogP contribution in [0.1, 0.15) is 12.6 Å². The average Bonchev–Trinajstić information content (AvgIpc) is 2.65. The Balaban J connectivity index is 2.24. The Morgan fingerprint density at radius 1 is 1.50 bits per heavy atom. The number of hydrogen-bond donors (Lipinski definition) is 2. The van der Waals surface area contributed by atoms with Gasteiger partial charge in [-0.15, -0.1) is 11.3 Å². The van der Waals surface area contributed by atoms with E-state index in [1.54, 1.807) is 23.5 Å². The van der Waals surface area contributed by atoms with Crippen LogP contribution in [0.2, 0.25) is 0 Å². The number of phenolic OH excluding ortho intramolecular Hbond substituents is 1. The minimum atomic E-state index is 0.124. The molecule has 0 spiro atoms. The van der Waals surface area contributed by atoms with Crippen LogP contribution in [0.15, 0.2) is 29.6 Å². The number of hydrogen-bond acceptors (Lipinski definition) is 4. The highest BCUT2D eigenvalue weighted by Crippen LogP contribution is 2.26. The number of benzene rings is 1. The lowest BCUT2D eigenvalue weighted by Gasteiger charge is -2.00. The van der Waals surface area contributed by atoms with E-state index in [4.69, 9.17) is 5.73 Å². The summed E-state index contributed by atoms with van der Waals surface area (Å²) in [5, 5.41) is 12.3. The van der Waals surface area contributed by atoms with E-state index >= 15 is 0 Å². The van der Waals surface area contributed by atoms with E-state index in [0.29, 0.717) is 0 Å². The molecule has 3 N–H and O–H groups in total. The first-order valence-corrected chi connectivity index (χ1v) is 6.02. The summed E-state index contributed by atoms with van der Waals surface area (Å²) < 4.78 is 0. The number of rotatable bonds is 3. The highest BCUT2D eigenvalue weighted by molar-refractivity contribution is 7.13. The molecule has 1 unspecified atom stereocenters. The summed E-state index contributed by atoms with van der Waals surface area (Å²) in [5.41, 5.74) is 7.68. The van der Waals surface area contributed by atoms with Crippen LogP contribution in [-0.2, 0) is 6.42 Å². The van der Waals surface area contributed by atoms with Crippen molar-refractivity contribution in [3.8, 4) is 16.3 Å². The summed E-state index contributed by atoms with van der Waals surface area (Å²) in [6.45, 7) is 1.97. The Bertz CT molecular complexity index is 479. The van der Waals surface area contributed by atoms with Gasteiger partial charge in [-0.2, -0.15) is 0 Å². The molecule has 0 amide bonds.